The van der Waals surface area contributed by atoms with Crippen molar-refractivity contribution in [3.63, 3.8) is 0 Å². The molecule has 2 heterocycles. The largest absolute Gasteiger partial charge is 0.337 e. The molecule has 0 amide bonds. The summed E-state index contributed by atoms with van der Waals surface area (Å²) in [5.74, 6) is 0.900. The molecule has 0 bridgehead atoms. The van der Waals surface area contributed by atoms with Crippen molar-refractivity contribution in [3.8, 4) is 11.4 Å². The van der Waals surface area contributed by atoms with Crippen molar-refractivity contribution in [1.29, 1.82) is 0 Å². The van der Waals surface area contributed by atoms with Gasteiger partial charge in [0.25, 0.3) is 0 Å². The number of rotatable bonds is 2. The minimum Gasteiger partial charge on any atom is -0.337 e. The molecule has 1 aliphatic rings. The lowest BCUT2D eigenvalue weighted by Gasteiger charge is -2.19. The van der Waals surface area contributed by atoms with E-state index in [1.807, 2.05) is 6.92 Å². The molecule has 4 nitrogen and oxygen atoms in total. The zero-order valence-corrected chi connectivity index (χ0v) is 10.8. The zero-order valence-electron chi connectivity index (χ0n) is 10.8. The molecule has 1 atom stereocenters. The van der Waals surface area contributed by atoms with Gasteiger partial charge >= 0.3 is 0 Å². The van der Waals surface area contributed by atoms with Gasteiger partial charge in [-0.3, -0.25) is 0 Å². The van der Waals surface area contributed by atoms with Gasteiger partial charge in [0.2, 0.25) is 11.7 Å². The average Bonchev–Trinajstić information content (AvgIpc) is 2.89. The van der Waals surface area contributed by atoms with Crippen molar-refractivity contribution >= 4 is 0 Å². The van der Waals surface area contributed by atoms with E-state index in [2.05, 4.69) is 15.5 Å². The second-order valence-electron chi connectivity index (χ2n) is 4.92. The number of benzene rings is 1. The smallest absolute Gasteiger partial charge is 0.244 e. The van der Waals surface area contributed by atoms with E-state index in [9.17, 15) is 4.39 Å². The van der Waals surface area contributed by atoms with Gasteiger partial charge in [-0.15, -0.1) is 0 Å². The van der Waals surface area contributed by atoms with Gasteiger partial charge in [0, 0.05) is 5.56 Å². The van der Waals surface area contributed by atoms with Gasteiger partial charge in [-0.2, -0.15) is 4.98 Å². The van der Waals surface area contributed by atoms with E-state index in [-0.39, 0.29) is 11.9 Å². The van der Waals surface area contributed by atoms with Crippen LogP contribution in [0.1, 0.15) is 36.8 Å². The first-order valence-corrected chi connectivity index (χ1v) is 6.57. The quantitative estimate of drug-likeness (QED) is 0.902. The predicted octanol–water partition coefficient (Wildman–Crippen LogP) is 3.00. The molecular formula is C14H16FN3O. The number of hydrogen-bond acceptors (Lipinski definition) is 4. The second kappa shape index (κ2) is 5.09. The molecule has 0 aliphatic carbocycles. The van der Waals surface area contributed by atoms with Crippen LogP contribution in [0.15, 0.2) is 22.7 Å². The summed E-state index contributed by atoms with van der Waals surface area (Å²) >= 11 is 0. The molecule has 2 aromatic rings. The van der Waals surface area contributed by atoms with Crippen LogP contribution in [0.3, 0.4) is 0 Å². The average molecular weight is 261 g/mol. The normalized spacial score (nSPS) is 19.6. The van der Waals surface area contributed by atoms with Crippen molar-refractivity contribution in [2.75, 3.05) is 6.54 Å². The van der Waals surface area contributed by atoms with Gasteiger partial charge in [-0.25, -0.2) is 4.39 Å². The zero-order chi connectivity index (χ0) is 13.2. The summed E-state index contributed by atoms with van der Waals surface area (Å²) in [7, 11) is 0. The lowest BCUT2D eigenvalue weighted by Crippen LogP contribution is -2.26. The molecule has 0 spiro atoms. The highest BCUT2D eigenvalue weighted by atomic mass is 19.1. The fourth-order valence-electron chi connectivity index (χ4n) is 2.43. The van der Waals surface area contributed by atoms with Crippen molar-refractivity contribution in [3.05, 3.63) is 35.5 Å². The molecule has 1 aliphatic heterocycles. The molecule has 100 valence electrons. The number of halogens is 1. The van der Waals surface area contributed by atoms with Crippen LogP contribution in [0.5, 0.6) is 0 Å². The van der Waals surface area contributed by atoms with Crippen LogP contribution in [-0.4, -0.2) is 16.7 Å². The van der Waals surface area contributed by atoms with Gasteiger partial charge in [0.1, 0.15) is 5.82 Å². The van der Waals surface area contributed by atoms with Crippen molar-refractivity contribution in [1.82, 2.24) is 15.5 Å². The number of hydrogen-bond donors (Lipinski definition) is 1. The third-order valence-corrected chi connectivity index (χ3v) is 3.48. The SMILES string of the molecule is Cc1cc(F)ccc1-c1noc([C@H]2CCCCN2)n1. The maximum Gasteiger partial charge on any atom is 0.244 e. The van der Waals surface area contributed by atoms with Crippen molar-refractivity contribution in [2.24, 2.45) is 0 Å². The van der Waals surface area contributed by atoms with Crippen molar-refractivity contribution in [2.45, 2.75) is 32.2 Å². The first-order valence-electron chi connectivity index (χ1n) is 6.57. The van der Waals surface area contributed by atoms with Crippen LogP contribution in [0.4, 0.5) is 4.39 Å². The second-order valence-corrected chi connectivity index (χ2v) is 4.92. The highest BCUT2D eigenvalue weighted by Crippen LogP contribution is 2.26. The lowest BCUT2D eigenvalue weighted by molar-refractivity contribution is 0.297. The molecule has 1 N–H and O–H groups in total. The first-order chi connectivity index (χ1) is 9.24. The number of nitrogens with one attached hydrogen (secondary N) is 1. The Balaban J connectivity index is 1.87. The van der Waals surface area contributed by atoms with Crippen molar-refractivity contribution < 1.29 is 8.91 Å². The van der Waals surface area contributed by atoms with Gasteiger partial charge in [-0.1, -0.05) is 11.6 Å². The lowest BCUT2D eigenvalue weighted by atomic mass is 10.1. The molecule has 1 aromatic carbocycles. The molecule has 1 fully saturated rings. The fraction of sp³-hybridized carbons (Fsp3) is 0.429. The van der Waals surface area contributed by atoms with Gasteiger partial charge < -0.3 is 9.84 Å². The highest BCUT2D eigenvalue weighted by Gasteiger charge is 2.21. The number of aromatic nitrogens is 2. The Bertz CT molecular complexity index is 576. The van der Waals surface area contributed by atoms with E-state index >= 15 is 0 Å². The van der Waals surface area contributed by atoms with Crippen LogP contribution < -0.4 is 5.32 Å². The number of nitrogens with zero attached hydrogens (tertiary/aromatic N) is 2. The minimum atomic E-state index is -0.251. The predicted molar refractivity (Wildman–Crippen MR) is 69.0 cm³/mol. The molecule has 19 heavy (non-hydrogen) atoms. The number of piperidine rings is 1. The summed E-state index contributed by atoms with van der Waals surface area (Å²) in [6, 6.07) is 4.73. The molecule has 1 saturated heterocycles. The van der Waals surface area contributed by atoms with Crippen LogP contribution in [-0.2, 0) is 0 Å². The van der Waals surface area contributed by atoms with Crippen LogP contribution >= 0.6 is 0 Å². The van der Waals surface area contributed by atoms with Crippen LogP contribution in [0.25, 0.3) is 11.4 Å². The van der Waals surface area contributed by atoms with E-state index in [1.54, 1.807) is 6.07 Å². The maximum atomic E-state index is 13.1. The van der Waals surface area contributed by atoms with Crippen LogP contribution in [0.2, 0.25) is 0 Å². The van der Waals surface area contributed by atoms with E-state index in [0.29, 0.717) is 11.7 Å². The molecule has 0 saturated carbocycles. The Morgan fingerprint density at radius 1 is 1.37 bits per heavy atom. The Labute approximate surface area is 111 Å². The first kappa shape index (κ1) is 12.3. The number of aryl methyl sites for hydroxylation is 1. The van der Waals surface area contributed by atoms with Gasteiger partial charge in [0.05, 0.1) is 6.04 Å². The third-order valence-electron chi connectivity index (χ3n) is 3.48. The summed E-state index contributed by atoms with van der Waals surface area (Å²) in [6.07, 6.45) is 3.38. The summed E-state index contributed by atoms with van der Waals surface area (Å²) in [5.41, 5.74) is 1.62. The maximum absolute atomic E-state index is 13.1. The Morgan fingerprint density at radius 2 is 2.26 bits per heavy atom. The summed E-state index contributed by atoms with van der Waals surface area (Å²) in [4.78, 5) is 4.43. The van der Waals surface area contributed by atoms with Gasteiger partial charge in [-0.05, 0) is 50.1 Å². The summed E-state index contributed by atoms with van der Waals surface area (Å²) in [6.45, 7) is 2.82. The summed E-state index contributed by atoms with van der Waals surface area (Å²) < 4.78 is 18.4. The molecule has 5 heteroatoms. The molecular weight excluding hydrogens is 245 g/mol. The Kier molecular flexibility index (Phi) is 3.29. The molecule has 0 unspecified atom stereocenters. The monoisotopic (exact) mass is 261 g/mol. The highest BCUT2D eigenvalue weighted by molar-refractivity contribution is 5.59. The standard InChI is InChI=1S/C14H16FN3O/c1-9-8-10(15)5-6-11(9)13-17-14(19-18-13)12-4-2-3-7-16-12/h5-6,8,12,16H,2-4,7H2,1H3/t12-/m1/s1. The Morgan fingerprint density at radius 3 is 3.00 bits per heavy atom. The van der Waals surface area contributed by atoms with Crippen LogP contribution in [0, 0.1) is 12.7 Å². The third kappa shape index (κ3) is 2.51. The minimum absolute atomic E-state index is 0.149. The molecule has 3 rings (SSSR count). The van der Waals surface area contributed by atoms with E-state index in [0.717, 1.165) is 24.1 Å². The van der Waals surface area contributed by atoms with Gasteiger partial charge in [0.15, 0.2) is 0 Å². The Hall–Kier alpha value is -1.75. The van der Waals surface area contributed by atoms with E-state index in [1.165, 1.54) is 25.0 Å². The summed E-state index contributed by atoms with van der Waals surface area (Å²) in [5, 5.41) is 7.37. The van der Waals surface area contributed by atoms with E-state index in [4.69, 9.17) is 4.52 Å². The molecule has 1 aromatic heterocycles. The molecule has 0 radical (unpaired) electrons. The fourth-order valence-corrected chi connectivity index (χ4v) is 2.43. The topological polar surface area (TPSA) is 51.0 Å². The van der Waals surface area contributed by atoms with E-state index < -0.39 is 0 Å².